The van der Waals surface area contributed by atoms with Crippen molar-refractivity contribution in [3.05, 3.63) is 84.2 Å². The Balaban J connectivity index is 0.00000364. The van der Waals surface area contributed by atoms with Crippen LogP contribution in [0.1, 0.15) is 49.8 Å². The van der Waals surface area contributed by atoms with Crippen LogP contribution in [-0.4, -0.2) is 75.7 Å². The molecule has 0 bridgehead atoms. The van der Waals surface area contributed by atoms with Gasteiger partial charge in [0.15, 0.2) is 5.82 Å². The fourth-order valence-corrected chi connectivity index (χ4v) is 6.12. The van der Waals surface area contributed by atoms with E-state index in [1.807, 2.05) is 49.9 Å². The van der Waals surface area contributed by atoms with Crippen molar-refractivity contribution in [3.63, 3.8) is 0 Å². The van der Waals surface area contributed by atoms with Crippen molar-refractivity contribution in [2.24, 2.45) is 15.5 Å². The summed E-state index contributed by atoms with van der Waals surface area (Å²) >= 11 is 0.697. The standard InChI is InChI=1S/C33H37N7O8S2.2Na/c1-33(2,3)29-28(34-24-13-15-26(16-14-24)39(18-19-41)17-4-5-20-50(44,45)46)31-37-36-30(40(31)38-29)22-9-11-25(12-10-22)35-32(42)23-7-6-8-27(21-23)49-48-47-43;;/h6-16,21,41,43H,4-5,17-20H2,1-3H3,(H,35,42)(H,44,45,46);;/q;2*+1/p-2. The Labute approximate surface area is 350 Å². The Morgan fingerprint density at radius 3 is 2.33 bits per heavy atom. The maximum absolute atomic E-state index is 12.8. The molecule has 15 nitrogen and oxygen atoms in total. The van der Waals surface area contributed by atoms with Crippen molar-refractivity contribution in [1.29, 1.82) is 0 Å². The number of nitrogens with zero attached hydrogens (tertiary/aromatic N) is 6. The topological polar surface area (TPSA) is 207 Å². The zero-order valence-electron chi connectivity index (χ0n) is 29.5. The van der Waals surface area contributed by atoms with Gasteiger partial charge in [0.05, 0.1) is 40.2 Å². The van der Waals surface area contributed by atoms with Crippen LogP contribution >= 0.6 is 12.0 Å². The van der Waals surface area contributed by atoms with E-state index in [1.54, 1.807) is 53.2 Å². The van der Waals surface area contributed by atoms with Crippen LogP contribution in [0.5, 0.6) is 0 Å². The van der Waals surface area contributed by atoms with Crippen LogP contribution in [0.15, 0.2) is 87.8 Å². The van der Waals surface area contributed by atoms with Gasteiger partial charge in [0, 0.05) is 51.7 Å². The second-order valence-electron chi connectivity index (χ2n) is 12.3. The van der Waals surface area contributed by atoms with Crippen molar-refractivity contribution < 1.29 is 96.6 Å². The predicted octanol–water partition coefficient (Wildman–Crippen LogP) is -2.06. The molecule has 3 aromatic carbocycles. The maximum atomic E-state index is 12.8. The van der Waals surface area contributed by atoms with Crippen molar-refractivity contribution >= 4 is 56.6 Å². The van der Waals surface area contributed by atoms with Gasteiger partial charge >= 0.3 is 59.1 Å². The van der Waals surface area contributed by atoms with Gasteiger partial charge in [-0.1, -0.05) is 26.8 Å². The van der Waals surface area contributed by atoms with Gasteiger partial charge in [-0.05, 0) is 79.6 Å². The molecule has 0 atom stereocenters. The minimum atomic E-state index is -4.26. The predicted molar refractivity (Wildman–Crippen MR) is 186 cm³/mol. The number of unbranched alkanes of at least 4 members (excludes halogenated alkanes) is 1. The molecule has 19 heteroatoms. The number of amides is 1. The quantitative estimate of drug-likeness (QED) is 0.0335. The first-order valence-electron chi connectivity index (χ1n) is 15.5. The summed E-state index contributed by atoms with van der Waals surface area (Å²) in [6.07, 6.45) is 0.725. The molecule has 264 valence electrons. The van der Waals surface area contributed by atoms with E-state index in [-0.39, 0.29) is 83.5 Å². The normalized spacial score (nSPS) is 13.2. The number of carbonyl (C=O) groups is 1. The molecule has 1 aromatic heterocycles. The van der Waals surface area contributed by atoms with Crippen LogP contribution in [0.3, 0.4) is 0 Å². The van der Waals surface area contributed by atoms with Gasteiger partial charge in [0.25, 0.3) is 5.91 Å². The third kappa shape index (κ3) is 11.8. The zero-order valence-corrected chi connectivity index (χ0v) is 35.1. The van der Waals surface area contributed by atoms with Crippen molar-refractivity contribution in [1.82, 2.24) is 14.9 Å². The first-order valence-corrected chi connectivity index (χ1v) is 17.9. The van der Waals surface area contributed by atoms with Crippen molar-refractivity contribution in [2.75, 3.05) is 35.7 Å². The average Bonchev–Trinajstić information content (AvgIpc) is 3.66. The summed E-state index contributed by atoms with van der Waals surface area (Å²) in [5.41, 5.74) is 4.01. The van der Waals surface area contributed by atoms with E-state index >= 15 is 0 Å². The number of benzene rings is 3. The van der Waals surface area contributed by atoms with Gasteiger partial charge in [0.2, 0.25) is 5.82 Å². The van der Waals surface area contributed by atoms with Gasteiger partial charge in [-0.3, -0.25) is 9.83 Å². The molecule has 4 aromatic rings. The van der Waals surface area contributed by atoms with Gasteiger partial charge in [-0.25, -0.2) is 13.4 Å². The Morgan fingerprint density at radius 1 is 1.00 bits per heavy atom. The zero-order chi connectivity index (χ0) is 35.9. The summed E-state index contributed by atoms with van der Waals surface area (Å²) in [6.45, 7) is 6.84. The van der Waals surface area contributed by atoms with E-state index in [4.69, 9.17) is 10.1 Å². The number of nitrogens with one attached hydrogen (secondary N) is 1. The molecule has 0 aliphatic carbocycles. The molecule has 1 aliphatic heterocycles. The number of carbonyl (C=O) groups excluding carboxylic acids is 1. The summed E-state index contributed by atoms with van der Waals surface area (Å²) in [4.78, 5) is 20.2. The monoisotopic (exact) mass is 767 g/mol. The number of aliphatic imine (C=N–C) groups is 1. The molecule has 0 saturated heterocycles. The molecule has 1 amide bonds. The Kier molecular flexibility index (Phi) is 16.7. The number of fused-ring (bicyclic) bond motifs is 1. The molecule has 0 unspecified atom stereocenters. The molecule has 0 radical (unpaired) electrons. The first-order chi connectivity index (χ1) is 23.9. The smallest absolute Gasteiger partial charge is 0.748 e. The first kappa shape index (κ1) is 43.9. The van der Waals surface area contributed by atoms with Gasteiger partial charge in [-0.2, -0.15) is 14.1 Å². The third-order valence-corrected chi connectivity index (χ3v) is 8.90. The van der Waals surface area contributed by atoms with Gasteiger partial charge in [-0.15, -0.1) is 10.2 Å². The van der Waals surface area contributed by atoms with E-state index in [0.29, 0.717) is 76.3 Å². The molecule has 1 aliphatic rings. The van der Waals surface area contributed by atoms with Crippen LogP contribution in [0.2, 0.25) is 0 Å². The summed E-state index contributed by atoms with van der Waals surface area (Å²) in [7, 11) is -4.26. The van der Waals surface area contributed by atoms with Gasteiger partial charge in [0.1, 0.15) is 5.71 Å². The van der Waals surface area contributed by atoms with E-state index in [2.05, 4.69) is 24.9 Å². The summed E-state index contributed by atoms with van der Waals surface area (Å²) < 4.78 is 38.8. The van der Waals surface area contributed by atoms with E-state index in [1.165, 1.54) is 0 Å². The number of hydrogen-bond donors (Lipinski definition) is 2. The second-order valence-corrected chi connectivity index (χ2v) is 14.6. The molecule has 0 saturated carbocycles. The maximum Gasteiger partial charge on any atom is 1.00 e. The largest absolute Gasteiger partial charge is 1.00 e. The molecule has 0 spiro atoms. The minimum absolute atomic E-state index is 0. The second kappa shape index (κ2) is 19.7. The van der Waals surface area contributed by atoms with Crippen LogP contribution in [0, 0.1) is 5.41 Å². The van der Waals surface area contributed by atoms with E-state index in [9.17, 15) is 28.1 Å². The number of aliphatic hydroxyl groups excluding tert-OH is 1. The van der Waals surface area contributed by atoms with E-state index < -0.39 is 15.9 Å². The molecule has 2 N–H and O–H groups in total. The SMILES string of the molecule is CC(C)(C)C1=Nn2c(nnc2-c2ccc(NC(=O)c3cccc(SOO[O-])c3)cc2)C1=Nc1ccc(N(CCO)CCCCS(=O)(=O)[O-])cc1.[Na+].[Na+]. The average molecular weight is 768 g/mol. The molecule has 2 heterocycles. The number of aliphatic hydroxyl groups is 1. The Hall–Kier alpha value is -2.49. The molecule has 5 rings (SSSR count). The molecular weight excluding hydrogens is 733 g/mol. The summed E-state index contributed by atoms with van der Waals surface area (Å²) in [5.74, 6) is 0.203. The molecular formula is C33H35N7Na2O8S2. The van der Waals surface area contributed by atoms with Crippen LogP contribution in [0.25, 0.3) is 11.4 Å². The van der Waals surface area contributed by atoms with E-state index in [0.717, 1.165) is 11.4 Å². The van der Waals surface area contributed by atoms with Crippen molar-refractivity contribution in [2.45, 2.75) is 38.5 Å². The van der Waals surface area contributed by atoms with Crippen LogP contribution in [-0.2, 0) is 19.5 Å². The minimum Gasteiger partial charge on any atom is -0.748 e. The fraction of sp³-hybridized carbons (Fsp3) is 0.303. The Bertz CT molecular complexity index is 1990. The van der Waals surface area contributed by atoms with Crippen LogP contribution < -0.4 is 74.6 Å². The number of aromatic nitrogens is 3. The van der Waals surface area contributed by atoms with Crippen LogP contribution in [0.4, 0.5) is 17.1 Å². The van der Waals surface area contributed by atoms with Crippen molar-refractivity contribution in [3.8, 4) is 11.4 Å². The fourth-order valence-electron chi connectivity index (χ4n) is 5.15. The summed E-state index contributed by atoms with van der Waals surface area (Å²) in [6, 6.07) is 21.0. The molecule has 52 heavy (non-hydrogen) atoms. The third-order valence-electron chi connectivity index (χ3n) is 7.54. The van der Waals surface area contributed by atoms with Gasteiger partial charge < -0.3 is 25.1 Å². The number of rotatable bonds is 15. The summed E-state index contributed by atoms with van der Waals surface area (Å²) in [5, 5.41) is 39.6. The Morgan fingerprint density at radius 2 is 1.69 bits per heavy atom. The molecule has 0 fully saturated rings. The number of anilines is 2. The number of hydrogen-bond acceptors (Lipinski definition) is 14.